The van der Waals surface area contributed by atoms with Crippen LogP contribution in [0.25, 0.3) is 22.6 Å². The van der Waals surface area contributed by atoms with Crippen molar-refractivity contribution in [3.05, 3.63) is 42.0 Å². The van der Waals surface area contributed by atoms with Gasteiger partial charge in [-0.3, -0.25) is 4.79 Å². The highest BCUT2D eigenvalue weighted by Gasteiger charge is 2.22. The second kappa shape index (κ2) is 8.15. The Hall–Kier alpha value is -3.02. The Morgan fingerprint density at radius 1 is 1.24 bits per heavy atom. The first-order chi connectivity index (χ1) is 14.0. The molecule has 1 aromatic heterocycles. The zero-order valence-electron chi connectivity index (χ0n) is 17.0. The lowest BCUT2D eigenvalue weighted by molar-refractivity contribution is -0.119. The molecule has 0 saturated heterocycles. The number of nitrogens with zero attached hydrogens (tertiary/aromatic N) is 1. The number of fused-ring (bicyclic) bond motifs is 1. The van der Waals surface area contributed by atoms with Crippen LogP contribution in [0.15, 0.2) is 40.8 Å². The molecule has 152 valence electrons. The van der Waals surface area contributed by atoms with Crippen LogP contribution in [0.5, 0.6) is 11.5 Å². The third-order valence-corrected chi connectivity index (χ3v) is 4.90. The smallest absolute Gasteiger partial charge is 0.227 e. The van der Waals surface area contributed by atoms with Crippen molar-refractivity contribution in [2.24, 2.45) is 5.92 Å². The number of carbonyl (C=O) groups excluding carboxylic acids is 1. The summed E-state index contributed by atoms with van der Waals surface area (Å²) >= 11 is 0. The zero-order valence-corrected chi connectivity index (χ0v) is 17.0. The van der Waals surface area contributed by atoms with Gasteiger partial charge in [0.25, 0.3) is 0 Å². The fourth-order valence-corrected chi connectivity index (χ4v) is 3.16. The molecule has 1 amide bonds. The van der Waals surface area contributed by atoms with Gasteiger partial charge in [-0.2, -0.15) is 0 Å². The standard InChI is InChI=1S/C23H26N2O4/c1-14-10-18(6-9-21(14)28-13-17-4-5-17)23-25-20-8-7-19(11-22(20)29-23)27-12-15(2)24-16(3)26/h6-11,15,17H,4-5,12-13H2,1-3H3,(H,24,26)/t15-/m0/s1. The molecule has 1 fully saturated rings. The van der Waals surface area contributed by atoms with Crippen molar-refractivity contribution in [3.8, 4) is 23.0 Å². The first kappa shape index (κ1) is 19.3. The molecule has 1 saturated carbocycles. The van der Waals surface area contributed by atoms with Gasteiger partial charge in [0.2, 0.25) is 11.8 Å². The van der Waals surface area contributed by atoms with E-state index in [1.807, 2.05) is 50.2 Å². The largest absolute Gasteiger partial charge is 0.493 e. The monoisotopic (exact) mass is 394 g/mol. The van der Waals surface area contributed by atoms with Gasteiger partial charge >= 0.3 is 0 Å². The number of hydrogen-bond acceptors (Lipinski definition) is 5. The van der Waals surface area contributed by atoms with Crippen LogP contribution in [0, 0.1) is 12.8 Å². The fraction of sp³-hybridized carbons (Fsp3) is 0.391. The molecule has 0 unspecified atom stereocenters. The highest BCUT2D eigenvalue weighted by molar-refractivity contribution is 5.78. The number of ether oxygens (including phenoxy) is 2. The summed E-state index contributed by atoms with van der Waals surface area (Å²) in [5.41, 5.74) is 3.42. The average molecular weight is 394 g/mol. The van der Waals surface area contributed by atoms with Crippen LogP contribution >= 0.6 is 0 Å². The molecule has 0 spiro atoms. The predicted octanol–water partition coefficient (Wildman–Crippen LogP) is 4.50. The minimum Gasteiger partial charge on any atom is -0.493 e. The fourth-order valence-electron chi connectivity index (χ4n) is 3.16. The van der Waals surface area contributed by atoms with Crippen LogP contribution < -0.4 is 14.8 Å². The van der Waals surface area contributed by atoms with Crippen LogP contribution in [-0.4, -0.2) is 30.1 Å². The van der Waals surface area contributed by atoms with Gasteiger partial charge < -0.3 is 19.2 Å². The summed E-state index contributed by atoms with van der Waals surface area (Å²) in [5, 5.41) is 2.79. The Labute approximate surface area is 170 Å². The van der Waals surface area contributed by atoms with E-state index in [1.165, 1.54) is 19.8 Å². The molecule has 1 aliphatic rings. The minimum atomic E-state index is -0.0734. The Morgan fingerprint density at radius 3 is 2.79 bits per heavy atom. The molecule has 0 aliphatic heterocycles. The molecule has 1 aliphatic carbocycles. The summed E-state index contributed by atoms with van der Waals surface area (Å²) in [5.74, 6) is 2.82. The average Bonchev–Trinajstić information content (AvgIpc) is 3.41. The van der Waals surface area contributed by atoms with Gasteiger partial charge in [-0.05, 0) is 68.5 Å². The topological polar surface area (TPSA) is 73.6 Å². The summed E-state index contributed by atoms with van der Waals surface area (Å²) in [6.45, 7) is 6.61. The molecule has 6 nitrogen and oxygen atoms in total. The van der Waals surface area contributed by atoms with E-state index in [9.17, 15) is 4.79 Å². The maximum atomic E-state index is 11.1. The van der Waals surface area contributed by atoms with Gasteiger partial charge in [0, 0.05) is 18.6 Å². The minimum absolute atomic E-state index is 0.0721. The molecule has 0 radical (unpaired) electrons. The van der Waals surface area contributed by atoms with Crippen LogP contribution in [0.3, 0.4) is 0 Å². The van der Waals surface area contributed by atoms with E-state index >= 15 is 0 Å². The van der Waals surface area contributed by atoms with Gasteiger partial charge in [0.1, 0.15) is 23.6 Å². The van der Waals surface area contributed by atoms with Gasteiger partial charge in [-0.1, -0.05) is 0 Å². The Kier molecular flexibility index (Phi) is 5.43. The van der Waals surface area contributed by atoms with E-state index in [4.69, 9.17) is 13.9 Å². The number of aromatic nitrogens is 1. The third-order valence-electron chi connectivity index (χ3n) is 4.90. The molecular weight excluding hydrogens is 368 g/mol. The summed E-state index contributed by atoms with van der Waals surface area (Å²) < 4.78 is 17.6. The normalized spacial score (nSPS) is 14.6. The molecule has 6 heteroatoms. The van der Waals surface area contributed by atoms with Crippen LogP contribution in [-0.2, 0) is 4.79 Å². The molecule has 29 heavy (non-hydrogen) atoms. The highest BCUT2D eigenvalue weighted by Crippen LogP contribution is 2.32. The van der Waals surface area contributed by atoms with Crippen molar-refractivity contribution in [2.75, 3.05) is 13.2 Å². The van der Waals surface area contributed by atoms with E-state index < -0.39 is 0 Å². The Bertz CT molecular complexity index is 1020. The molecule has 1 N–H and O–H groups in total. The van der Waals surface area contributed by atoms with Crippen LogP contribution in [0.4, 0.5) is 0 Å². The lowest BCUT2D eigenvalue weighted by Crippen LogP contribution is -2.35. The quantitative estimate of drug-likeness (QED) is 0.609. The zero-order chi connectivity index (χ0) is 20.4. The summed E-state index contributed by atoms with van der Waals surface area (Å²) in [4.78, 5) is 15.7. The first-order valence-corrected chi connectivity index (χ1v) is 10.0. The molecule has 1 heterocycles. The van der Waals surface area contributed by atoms with E-state index in [0.717, 1.165) is 34.9 Å². The van der Waals surface area contributed by atoms with E-state index in [-0.39, 0.29) is 11.9 Å². The molecule has 2 aromatic carbocycles. The molecule has 3 aromatic rings. The number of carbonyl (C=O) groups is 1. The summed E-state index contributed by atoms with van der Waals surface area (Å²) in [7, 11) is 0. The van der Waals surface area contributed by atoms with E-state index in [2.05, 4.69) is 10.3 Å². The van der Waals surface area contributed by atoms with E-state index in [1.54, 1.807) is 0 Å². The summed E-state index contributed by atoms with van der Waals surface area (Å²) in [6, 6.07) is 11.5. The van der Waals surface area contributed by atoms with Crippen molar-refractivity contribution in [2.45, 2.75) is 39.7 Å². The molecule has 0 bridgehead atoms. The molecular formula is C23H26N2O4. The SMILES string of the molecule is CC(=O)N[C@@H](C)COc1ccc2nc(-c3ccc(OCC4CC4)c(C)c3)oc2c1. The van der Waals surface area contributed by atoms with Crippen molar-refractivity contribution < 1.29 is 18.7 Å². The number of oxazole rings is 1. The third kappa shape index (κ3) is 4.88. The van der Waals surface area contributed by atoms with Gasteiger partial charge in [0.05, 0.1) is 12.6 Å². The number of aryl methyl sites for hydroxylation is 1. The highest BCUT2D eigenvalue weighted by atomic mass is 16.5. The lowest BCUT2D eigenvalue weighted by Gasteiger charge is -2.13. The number of amides is 1. The van der Waals surface area contributed by atoms with Gasteiger partial charge in [-0.25, -0.2) is 4.98 Å². The second-order valence-corrected chi connectivity index (χ2v) is 7.80. The molecule has 4 rings (SSSR count). The second-order valence-electron chi connectivity index (χ2n) is 7.80. The van der Waals surface area contributed by atoms with Crippen LogP contribution in [0.2, 0.25) is 0 Å². The van der Waals surface area contributed by atoms with Crippen molar-refractivity contribution in [1.29, 1.82) is 0 Å². The van der Waals surface area contributed by atoms with Crippen molar-refractivity contribution >= 4 is 17.0 Å². The van der Waals surface area contributed by atoms with Crippen molar-refractivity contribution in [3.63, 3.8) is 0 Å². The van der Waals surface area contributed by atoms with Crippen molar-refractivity contribution in [1.82, 2.24) is 10.3 Å². The first-order valence-electron chi connectivity index (χ1n) is 10.0. The summed E-state index contributed by atoms with van der Waals surface area (Å²) in [6.07, 6.45) is 2.55. The Balaban J connectivity index is 1.46. The number of nitrogens with one attached hydrogen (secondary N) is 1. The maximum absolute atomic E-state index is 11.1. The van der Waals surface area contributed by atoms with Gasteiger partial charge in [-0.15, -0.1) is 0 Å². The Morgan fingerprint density at radius 2 is 2.07 bits per heavy atom. The number of rotatable bonds is 8. The lowest BCUT2D eigenvalue weighted by atomic mass is 10.1. The van der Waals surface area contributed by atoms with Crippen LogP contribution in [0.1, 0.15) is 32.3 Å². The molecule has 1 atom stereocenters. The van der Waals surface area contributed by atoms with E-state index in [0.29, 0.717) is 23.8 Å². The van der Waals surface area contributed by atoms with Gasteiger partial charge in [0.15, 0.2) is 5.58 Å². The maximum Gasteiger partial charge on any atom is 0.227 e. The number of benzene rings is 2. The predicted molar refractivity (Wildman–Crippen MR) is 111 cm³/mol. The number of hydrogen-bond donors (Lipinski definition) is 1.